The Balaban J connectivity index is 2.33. The van der Waals surface area contributed by atoms with Gasteiger partial charge in [-0.05, 0) is 38.5 Å². The Morgan fingerprint density at radius 3 is 2.59 bits per heavy atom. The fourth-order valence-electron chi connectivity index (χ4n) is 2.77. The molecule has 1 aromatic carbocycles. The summed E-state index contributed by atoms with van der Waals surface area (Å²) in [6.07, 6.45) is 11.6. The zero-order valence-electron chi connectivity index (χ0n) is 16.4. The van der Waals surface area contributed by atoms with Crippen LogP contribution in [0.3, 0.4) is 0 Å². The van der Waals surface area contributed by atoms with Crippen molar-refractivity contribution in [1.29, 1.82) is 0 Å². The molecule has 2 aromatic rings. The van der Waals surface area contributed by atoms with Crippen LogP contribution in [0.1, 0.15) is 31.0 Å². The number of benzene rings is 1. The van der Waals surface area contributed by atoms with Crippen LogP contribution in [0, 0.1) is 6.92 Å². The molecule has 5 nitrogen and oxygen atoms in total. The van der Waals surface area contributed by atoms with Crippen LogP contribution < -0.4 is 10.2 Å². The highest BCUT2D eigenvalue weighted by atomic mass is 16.3. The standard InChI is InChI=1S/C22H28N4O/c1-5-7-14-19(11-6-2)24-22-23-15-17(3)21(25-22)26(4)20(16-27)18-12-9-8-10-13-18/h5-15,20,27H,16H2,1-4H3,(H,23,24,25)/b7-5-,11-6-,19-14+. The van der Waals surface area contributed by atoms with Gasteiger partial charge in [0.2, 0.25) is 5.95 Å². The predicted molar refractivity (Wildman–Crippen MR) is 113 cm³/mol. The maximum absolute atomic E-state index is 9.96. The van der Waals surface area contributed by atoms with Gasteiger partial charge >= 0.3 is 0 Å². The van der Waals surface area contributed by atoms with E-state index in [-0.39, 0.29) is 12.6 Å². The summed E-state index contributed by atoms with van der Waals surface area (Å²) in [5.74, 6) is 1.29. The van der Waals surface area contributed by atoms with Crippen molar-refractivity contribution in [2.24, 2.45) is 0 Å². The van der Waals surface area contributed by atoms with E-state index in [2.05, 4.69) is 10.3 Å². The molecule has 0 saturated carbocycles. The summed E-state index contributed by atoms with van der Waals surface area (Å²) in [6.45, 7) is 5.90. The number of hydrogen-bond acceptors (Lipinski definition) is 5. The van der Waals surface area contributed by atoms with Crippen molar-refractivity contribution in [2.45, 2.75) is 26.8 Å². The molecule has 2 N–H and O–H groups in total. The van der Waals surface area contributed by atoms with Gasteiger partial charge in [0.15, 0.2) is 0 Å². The van der Waals surface area contributed by atoms with Gasteiger partial charge < -0.3 is 15.3 Å². The molecular formula is C22H28N4O. The molecule has 2 rings (SSSR count). The number of nitrogens with zero attached hydrogens (tertiary/aromatic N) is 3. The Kier molecular flexibility index (Phi) is 7.77. The third-order valence-electron chi connectivity index (χ3n) is 4.17. The summed E-state index contributed by atoms with van der Waals surface area (Å²) in [6, 6.07) is 9.76. The Hall–Kier alpha value is -2.92. The van der Waals surface area contributed by atoms with Gasteiger partial charge in [-0.2, -0.15) is 4.98 Å². The molecule has 0 aliphatic heterocycles. The summed E-state index contributed by atoms with van der Waals surface area (Å²) >= 11 is 0. The van der Waals surface area contributed by atoms with Crippen LogP contribution in [-0.2, 0) is 0 Å². The van der Waals surface area contributed by atoms with Crippen molar-refractivity contribution in [3.05, 3.63) is 83.7 Å². The van der Waals surface area contributed by atoms with Gasteiger partial charge in [-0.15, -0.1) is 0 Å². The molecule has 1 unspecified atom stereocenters. The fourth-order valence-corrected chi connectivity index (χ4v) is 2.77. The number of aliphatic hydroxyl groups is 1. The smallest absolute Gasteiger partial charge is 0.229 e. The van der Waals surface area contributed by atoms with Crippen LogP contribution in [0.15, 0.2) is 72.6 Å². The van der Waals surface area contributed by atoms with E-state index in [0.29, 0.717) is 5.95 Å². The lowest BCUT2D eigenvalue weighted by molar-refractivity contribution is 0.263. The lowest BCUT2D eigenvalue weighted by Crippen LogP contribution is -2.28. The minimum Gasteiger partial charge on any atom is -0.394 e. The number of likely N-dealkylation sites (N-methyl/N-ethyl adjacent to an activating group) is 1. The van der Waals surface area contributed by atoms with E-state index in [1.807, 2.05) is 93.4 Å². The van der Waals surface area contributed by atoms with Crippen molar-refractivity contribution in [3.63, 3.8) is 0 Å². The first-order chi connectivity index (χ1) is 13.1. The van der Waals surface area contributed by atoms with Crippen LogP contribution in [0.2, 0.25) is 0 Å². The monoisotopic (exact) mass is 364 g/mol. The van der Waals surface area contributed by atoms with Gasteiger partial charge in [-0.1, -0.05) is 48.6 Å². The van der Waals surface area contributed by atoms with E-state index >= 15 is 0 Å². The number of allylic oxidation sites excluding steroid dienone is 5. The molecule has 0 aliphatic carbocycles. The highest BCUT2D eigenvalue weighted by Gasteiger charge is 2.19. The molecule has 1 atom stereocenters. The van der Waals surface area contributed by atoms with Crippen LogP contribution >= 0.6 is 0 Å². The van der Waals surface area contributed by atoms with Gasteiger partial charge in [0.05, 0.1) is 12.6 Å². The van der Waals surface area contributed by atoms with Crippen molar-refractivity contribution in [1.82, 2.24) is 9.97 Å². The molecule has 0 saturated heterocycles. The zero-order chi connectivity index (χ0) is 19.6. The van der Waals surface area contributed by atoms with E-state index in [1.165, 1.54) is 0 Å². The van der Waals surface area contributed by atoms with Gasteiger partial charge in [0.1, 0.15) is 5.82 Å². The third-order valence-corrected chi connectivity index (χ3v) is 4.17. The second-order valence-corrected chi connectivity index (χ2v) is 6.19. The Labute approximate surface area is 161 Å². The van der Waals surface area contributed by atoms with Gasteiger partial charge in [-0.25, -0.2) is 4.98 Å². The molecular weight excluding hydrogens is 336 g/mol. The molecule has 0 aliphatic rings. The van der Waals surface area contributed by atoms with E-state index in [9.17, 15) is 5.11 Å². The largest absolute Gasteiger partial charge is 0.394 e. The second kappa shape index (κ2) is 10.3. The Bertz CT molecular complexity index is 812. The maximum Gasteiger partial charge on any atom is 0.229 e. The molecule has 5 heteroatoms. The molecule has 0 amide bonds. The summed E-state index contributed by atoms with van der Waals surface area (Å²) in [5.41, 5.74) is 2.88. The van der Waals surface area contributed by atoms with Gasteiger partial charge in [0.25, 0.3) is 0 Å². The van der Waals surface area contributed by atoms with Gasteiger partial charge in [-0.3, -0.25) is 0 Å². The first-order valence-electron chi connectivity index (χ1n) is 9.05. The highest BCUT2D eigenvalue weighted by molar-refractivity contribution is 5.52. The van der Waals surface area contributed by atoms with E-state index < -0.39 is 0 Å². The number of rotatable bonds is 8. The van der Waals surface area contributed by atoms with Crippen LogP contribution in [0.4, 0.5) is 11.8 Å². The fraction of sp³-hybridized carbons (Fsp3) is 0.273. The lowest BCUT2D eigenvalue weighted by atomic mass is 10.1. The minimum absolute atomic E-state index is 0.00224. The minimum atomic E-state index is -0.179. The molecule has 0 spiro atoms. The van der Waals surface area contributed by atoms with Crippen molar-refractivity contribution in [2.75, 3.05) is 23.9 Å². The molecule has 1 heterocycles. The average Bonchev–Trinajstić information content (AvgIpc) is 2.69. The Morgan fingerprint density at radius 2 is 1.96 bits per heavy atom. The van der Waals surface area contributed by atoms with Crippen molar-refractivity contribution < 1.29 is 5.11 Å². The van der Waals surface area contributed by atoms with E-state index in [1.54, 1.807) is 6.20 Å². The first-order valence-corrected chi connectivity index (χ1v) is 9.05. The summed E-state index contributed by atoms with van der Waals surface area (Å²) in [4.78, 5) is 11.1. The molecule has 0 bridgehead atoms. The highest BCUT2D eigenvalue weighted by Crippen LogP contribution is 2.27. The third kappa shape index (κ3) is 5.53. The van der Waals surface area contributed by atoms with Gasteiger partial charge in [0, 0.05) is 24.5 Å². The number of aryl methyl sites for hydroxylation is 1. The number of aromatic nitrogens is 2. The molecule has 0 fully saturated rings. The summed E-state index contributed by atoms with van der Waals surface area (Å²) in [7, 11) is 1.94. The zero-order valence-corrected chi connectivity index (χ0v) is 16.4. The lowest BCUT2D eigenvalue weighted by Gasteiger charge is -2.29. The summed E-state index contributed by atoms with van der Waals surface area (Å²) < 4.78 is 0. The predicted octanol–water partition coefficient (Wildman–Crippen LogP) is 4.40. The van der Waals surface area contributed by atoms with Crippen LogP contribution in [0.25, 0.3) is 0 Å². The molecule has 1 aromatic heterocycles. The SMILES string of the molecule is C\C=C/C=C(\C=C/C)Nc1ncc(C)c(N(C)C(CO)c2ccccc2)n1. The summed E-state index contributed by atoms with van der Waals surface area (Å²) in [5, 5.41) is 13.2. The van der Waals surface area contributed by atoms with Crippen LogP contribution in [-0.4, -0.2) is 28.7 Å². The molecule has 142 valence electrons. The number of nitrogens with one attached hydrogen (secondary N) is 1. The maximum atomic E-state index is 9.96. The second-order valence-electron chi connectivity index (χ2n) is 6.19. The molecule has 0 radical (unpaired) electrons. The molecule has 27 heavy (non-hydrogen) atoms. The average molecular weight is 364 g/mol. The first kappa shape index (κ1) is 20.4. The Morgan fingerprint density at radius 1 is 1.22 bits per heavy atom. The van der Waals surface area contributed by atoms with E-state index in [0.717, 1.165) is 22.6 Å². The van der Waals surface area contributed by atoms with Crippen molar-refractivity contribution >= 4 is 11.8 Å². The van der Waals surface area contributed by atoms with Crippen LogP contribution in [0.5, 0.6) is 0 Å². The number of hydrogen-bond donors (Lipinski definition) is 2. The number of anilines is 2. The van der Waals surface area contributed by atoms with Crippen molar-refractivity contribution in [3.8, 4) is 0 Å². The number of aliphatic hydroxyl groups excluding tert-OH is 1. The van der Waals surface area contributed by atoms with E-state index in [4.69, 9.17) is 4.98 Å². The topological polar surface area (TPSA) is 61.3 Å². The normalized spacial score (nSPS) is 13.3. The quantitative estimate of drug-likeness (QED) is 0.680.